The molecule has 8 nitrogen and oxygen atoms in total. The van der Waals surface area contributed by atoms with Crippen LogP contribution in [0.5, 0.6) is 5.75 Å². The lowest BCUT2D eigenvalue weighted by Gasteiger charge is -2.36. The quantitative estimate of drug-likeness (QED) is 0.648. The Morgan fingerprint density at radius 3 is 2.21 bits per heavy atom. The van der Waals surface area contributed by atoms with Crippen LogP contribution in [-0.4, -0.2) is 68.8 Å². The number of piperazine rings is 1. The standard InChI is InChI=1S/C25H33N3O5S/c1-17(2)23(26-24(29)21-8-6-7-9-22(21)33-5)25(30)27-12-14-28(15-13-27)34(31,32)20-11-10-18(3)19(4)16-20/h6-11,16-17,23H,12-15H2,1-5H3,(H,26,29). The number of ether oxygens (including phenoxy) is 1. The molecule has 1 fully saturated rings. The van der Waals surface area contributed by atoms with Gasteiger partial charge in [-0.25, -0.2) is 8.42 Å². The normalized spacial score (nSPS) is 15.8. The molecule has 0 aliphatic carbocycles. The molecule has 1 heterocycles. The predicted octanol–water partition coefficient (Wildman–Crippen LogP) is 2.60. The summed E-state index contributed by atoms with van der Waals surface area (Å²) in [5, 5.41) is 2.84. The maximum absolute atomic E-state index is 13.3. The van der Waals surface area contributed by atoms with E-state index in [1.807, 2.05) is 27.7 Å². The summed E-state index contributed by atoms with van der Waals surface area (Å²) in [6.07, 6.45) is 0. The lowest BCUT2D eigenvalue weighted by atomic mass is 10.0. The fraction of sp³-hybridized carbons (Fsp3) is 0.440. The molecular formula is C25H33N3O5S. The first-order chi connectivity index (χ1) is 16.1. The summed E-state index contributed by atoms with van der Waals surface area (Å²) in [7, 11) is -2.15. The van der Waals surface area contributed by atoms with Crippen LogP contribution in [0.3, 0.4) is 0 Å². The summed E-state index contributed by atoms with van der Waals surface area (Å²) in [5.41, 5.74) is 2.30. The SMILES string of the molecule is COc1ccccc1C(=O)NC(C(=O)N1CCN(S(=O)(=O)c2ccc(C)c(C)c2)CC1)C(C)C. The summed E-state index contributed by atoms with van der Waals surface area (Å²) in [6, 6.07) is 11.2. The predicted molar refractivity (Wildman–Crippen MR) is 130 cm³/mol. The van der Waals surface area contributed by atoms with Gasteiger partial charge in [-0.2, -0.15) is 4.31 Å². The highest BCUT2D eigenvalue weighted by Crippen LogP contribution is 2.22. The highest BCUT2D eigenvalue weighted by molar-refractivity contribution is 7.89. The molecule has 0 aromatic heterocycles. The Bertz CT molecular complexity index is 1150. The van der Waals surface area contributed by atoms with E-state index in [0.29, 0.717) is 11.3 Å². The summed E-state index contributed by atoms with van der Waals surface area (Å²) >= 11 is 0. The van der Waals surface area contributed by atoms with Crippen molar-refractivity contribution in [1.82, 2.24) is 14.5 Å². The van der Waals surface area contributed by atoms with Gasteiger partial charge < -0.3 is 15.0 Å². The Labute approximate surface area is 201 Å². The zero-order valence-corrected chi connectivity index (χ0v) is 21.2. The van der Waals surface area contributed by atoms with Crippen LogP contribution >= 0.6 is 0 Å². The van der Waals surface area contributed by atoms with E-state index in [-0.39, 0.29) is 48.8 Å². The Hall–Kier alpha value is -2.91. The lowest BCUT2D eigenvalue weighted by Crippen LogP contribution is -2.57. The number of amides is 2. The minimum atomic E-state index is -3.64. The van der Waals surface area contributed by atoms with Crippen molar-refractivity contribution in [2.45, 2.75) is 38.6 Å². The fourth-order valence-corrected chi connectivity index (χ4v) is 5.44. The van der Waals surface area contributed by atoms with Gasteiger partial charge in [0.15, 0.2) is 0 Å². The molecule has 0 spiro atoms. The molecule has 9 heteroatoms. The van der Waals surface area contributed by atoms with Crippen LogP contribution in [-0.2, 0) is 14.8 Å². The highest BCUT2D eigenvalue weighted by atomic mass is 32.2. The fourth-order valence-electron chi connectivity index (χ4n) is 3.93. The molecule has 2 amide bonds. The first-order valence-electron chi connectivity index (χ1n) is 11.4. The van der Waals surface area contributed by atoms with E-state index in [9.17, 15) is 18.0 Å². The summed E-state index contributed by atoms with van der Waals surface area (Å²) in [4.78, 5) is 28.0. The van der Waals surface area contributed by atoms with Gasteiger partial charge in [0.05, 0.1) is 17.6 Å². The number of aryl methyl sites for hydroxylation is 2. The average molecular weight is 488 g/mol. The van der Waals surface area contributed by atoms with Crippen LogP contribution < -0.4 is 10.1 Å². The molecular weight excluding hydrogens is 454 g/mol. The van der Waals surface area contributed by atoms with E-state index in [1.165, 1.54) is 11.4 Å². The monoisotopic (exact) mass is 487 g/mol. The van der Waals surface area contributed by atoms with Gasteiger partial charge in [0.25, 0.3) is 5.91 Å². The van der Waals surface area contributed by atoms with Crippen molar-refractivity contribution < 1.29 is 22.7 Å². The Morgan fingerprint density at radius 1 is 0.971 bits per heavy atom. The number of carbonyl (C=O) groups excluding carboxylic acids is 2. The molecule has 3 rings (SSSR count). The number of hydrogen-bond donors (Lipinski definition) is 1. The third-order valence-electron chi connectivity index (χ3n) is 6.24. The number of rotatable bonds is 7. The summed E-state index contributed by atoms with van der Waals surface area (Å²) in [5.74, 6) is -0.328. The van der Waals surface area contributed by atoms with Crippen LogP contribution in [0.15, 0.2) is 47.4 Å². The van der Waals surface area contributed by atoms with E-state index in [1.54, 1.807) is 47.4 Å². The van der Waals surface area contributed by atoms with Crippen molar-refractivity contribution in [1.29, 1.82) is 0 Å². The van der Waals surface area contributed by atoms with Gasteiger partial charge in [-0.1, -0.05) is 32.0 Å². The van der Waals surface area contributed by atoms with Crippen molar-refractivity contribution in [3.05, 3.63) is 59.2 Å². The van der Waals surface area contributed by atoms with Gasteiger partial charge in [0.1, 0.15) is 11.8 Å². The molecule has 1 atom stereocenters. The van der Waals surface area contributed by atoms with Crippen LogP contribution in [0.2, 0.25) is 0 Å². The van der Waals surface area contributed by atoms with Gasteiger partial charge in [-0.05, 0) is 55.2 Å². The van der Waals surface area contributed by atoms with Gasteiger partial charge in [-0.15, -0.1) is 0 Å². The van der Waals surface area contributed by atoms with Crippen LogP contribution in [0, 0.1) is 19.8 Å². The molecule has 1 unspecified atom stereocenters. The Kier molecular flexibility index (Phi) is 7.99. The maximum atomic E-state index is 13.3. The number of para-hydroxylation sites is 1. The van der Waals surface area contributed by atoms with Crippen molar-refractivity contribution in [3.63, 3.8) is 0 Å². The number of sulfonamides is 1. The molecule has 2 aromatic rings. The van der Waals surface area contributed by atoms with Gasteiger partial charge in [0.2, 0.25) is 15.9 Å². The zero-order valence-electron chi connectivity index (χ0n) is 20.4. The molecule has 34 heavy (non-hydrogen) atoms. The van der Waals surface area contributed by atoms with E-state index in [4.69, 9.17) is 4.74 Å². The average Bonchev–Trinajstić information content (AvgIpc) is 2.83. The molecule has 1 saturated heterocycles. The van der Waals surface area contributed by atoms with Crippen LogP contribution in [0.4, 0.5) is 0 Å². The highest BCUT2D eigenvalue weighted by Gasteiger charge is 2.34. The van der Waals surface area contributed by atoms with E-state index in [0.717, 1.165) is 11.1 Å². The molecule has 0 radical (unpaired) electrons. The van der Waals surface area contributed by atoms with Crippen LogP contribution in [0.25, 0.3) is 0 Å². The second-order valence-corrected chi connectivity index (χ2v) is 10.8. The molecule has 1 N–H and O–H groups in total. The Morgan fingerprint density at radius 2 is 1.62 bits per heavy atom. The van der Waals surface area contributed by atoms with E-state index < -0.39 is 16.1 Å². The van der Waals surface area contributed by atoms with E-state index >= 15 is 0 Å². The molecule has 1 aliphatic heterocycles. The molecule has 1 aliphatic rings. The van der Waals surface area contributed by atoms with Gasteiger partial charge >= 0.3 is 0 Å². The van der Waals surface area contributed by atoms with Gasteiger partial charge in [0, 0.05) is 26.2 Å². The summed E-state index contributed by atoms with van der Waals surface area (Å²) < 4.78 is 32.8. The minimum absolute atomic E-state index is 0.150. The van der Waals surface area contributed by atoms with Gasteiger partial charge in [-0.3, -0.25) is 9.59 Å². The van der Waals surface area contributed by atoms with Crippen molar-refractivity contribution in [2.24, 2.45) is 5.92 Å². The summed E-state index contributed by atoms with van der Waals surface area (Å²) in [6.45, 7) is 8.48. The van der Waals surface area contributed by atoms with Crippen LogP contribution in [0.1, 0.15) is 35.3 Å². The number of methoxy groups -OCH3 is 1. The molecule has 184 valence electrons. The smallest absolute Gasteiger partial charge is 0.255 e. The zero-order chi connectivity index (χ0) is 25.0. The maximum Gasteiger partial charge on any atom is 0.255 e. The molecule has 0 bridgehead atoms. The molecule has 2 aromatic carbocycles. The first kappa shape index (κ1) is 25.7. The van der Waals surface area contributed by atoms with E-state index in [2.05, 4.69) is 5.32 Å². The lowest BCUT2D eigenvalue weighted by molar-refractivity contribution is -0.135. The van der Waals surface area contributed by atoms with Crippen molar-refractivity contribution in [2.75, 3.05) is 33.3 Å². The number of nitrogens with one attached hydrogen (secondary N) is 1. The third kappa shape index (κ3) is 5.42. The topological polar surface area (TPSA) is 96.0 Å². The third-order valence-corrected chi connectivity index (χ3v) is 8.13. The minimum Gasteiger partial charge on any atom is -0.496 e. The second kappa shape index (κ2) is 10.6. The number of nitrogens with zero attached hydrogens (tertiary/aromatic N) is 2. The number of carbonyl (C=O) groups is 2. The Balaban J connectivity index is 1.68. The van der Waals surface area contributed by atoms with Crippen molar-refractivity contribution in [3.8, 4) is 5.75 Å². The second-order valence-electron chi connectivity index (χ2n) is 8.87. The number of hydrogen-bond acceptors (Lipinski definition) is 5. The molecule has 0 saturated carbocycles. The number of benzene rings is 2. The van der Waals surface area contributed by atoms with Crippen molar-refractivity contribution >= 4 is 21.8 Å². The largest absolute Gasteiger partial charge is 0.496 e. The first-order valence-corrected chi connectivity index (χ1v) is 12.8.